The molecule has 4 heteroatoms. The zero-order valence-corrected chi connectivity index (χ0v) is 13.0. The van der Waals surface area contributed by atoms with Crippen LogP contribution in [0.2, 0.25) is 0 Å². The van der Waals surface area contributed by atoms with E-state index in [1.807, 2.05) is 13.8 Å². The number of hydrogen-bond donors (Lipinski definition) is 2. The maximum absolute atomic E-state index is 11.7. The number of benzene rings is 1. The molecule has 0 aliphatic heterocycles. The molecular weight excluding hydrogens is 260 g/mol. The third kappa shape index (κ3) is 5.21. The highest BCUT2D eigenvalue weighted by Gasteiger charge is 2.14. The summed E-state index contributed by atoms with van der Waals surface area (Å²) in [5, 5.41) is 2.93. The highest BCUT2D eigenvalue weighted by atomic mass is 35.5. The Labute approximate surface area is 122 Å². The molecular formula is C15H25ClN2O. The van der Waals surface area contributed by atoms with Crippen LogP contribution < -0.4 is 11.1 Å². The Morgan fingerprint density at radius 2 is 1.63 bits per heavy atom. The maximum atomic E-state index is 11.7. The molecule has 1 rings (SSSR count). The van der Waals surface area contributed by atoms with E-state index in [4.69, 9.17) is 5.73 Å². The average molecular weight is 285 g/mol. The predicted octanol–water partition coefficient (Wildman–Crippen LogP) is 3.15. The number of nitrogens with two attached hydrogens (primary N) is 1. The van der Waals surface area contributed by atoms with Crippen molar-refractivity contribution in [3.8, 4) is 0 Å². The number of hydrogen-bond acceptors (Lipinski definition) is 2. The van der Waals surface area contributed by atoms with Crippen molar-refractivity contribution >= 4 is 18.3 Å². The van der Waals surface area contributed by atoms with Gasteiger partial charge >= 0.3 is 0 Å². The van der Waals surface area contributed by atoms with Gasteiger partial charge in [-0.25, -0.2) is 0 Å². The lowest BCUT2D eigenvalue weighted by atomic mass is 9.99. The van der Waals surface area contributed by atoms with Crippen molar-refractivity contribution in [2.75, 3.05) is 0 Å². The summed E-state index contributed by atoms with van der Waals surface area (Å²) in [5.41, 5.74) is 8.11. The van der Waals surface area contributed by atoms with Gasteiger partial charge in [-0.15, -0.1) is 12.4 Å². The molecule has 0 radical (unpaired) electrons. The van der Waals surface area contributed by atoms with Crippen LogP contribution in [-0.2, 0) is 4.79 Å². The molecule has 108 valence electrons. The van der Waals surface area contributed by atoms with E-state index < -0.39 is 6.04 Å². The topological polar surface area (TPSA) is 55.1 Å². The molecule has 2 atom stereocenters. The van der Waals surface area contributed by atoms with E-state index in [9.17, 15) is 4.79 Å². The molecule has 0 spiro atoms. The first kappa shape index (κ1) is 17.9. The summed E-state index contributed by atoms with van der Waals surface area (Å²) in [6.07, 6.45) is 0.658. The largest absolute Gasteiger partial charge is 0.348 e. The van der Waals surface area contributed by atoms with Crippen LogP contribution >= 0.6 is 12.4 Å². The van der Waals surface area contributed by atoms with Crippen LogP contribution in [0.3, 0.4) is 0 Å². The lowest BCUT2D eigenvalue weighted by Crippen LogP contribution is -2.41. The summed E-state index contributed by atoms with van der Waals surface area (Å²) in [5.74, 6) is 0.440. The number of halogens is 1. The van der Waals surface area contributed by atoms with E-state index in [1.54, 1.807) is 0 Å². The average Bonchev–Trinajstić information content (AvgIpc) is 2.37. The number of carbonyl (C=O) groups excluding carboxylic acids is 1. The minimum absolute atomic E-state index is 0. The second kappa shape index (κ2) is 8.18. The molecule has 1 aromatic rings. The van der Waals surface area contributed by atoms with Gasteiger partial charge in [0.05, 0.1) is 12.1 Å². The van der Waals surface area contributed by atoms with Crippen LogP contribution in [0.5, 0.6) is 0 Å². The lowest BCUT2D eigenvalue weighted by Gasteiger charge is -2.17. The van der Waals surface area contributed by atoms with Crippen molar-refractivity contribution < 1.29 is 4.79 Å². The fourth-order valence-corrected chi connectivity index (χ4v) is 1.76. The molecule has 3 N–H and O–H groups in total. The summed E-state index contributed by atoms with van der Waals surface area (Å²) >= 11 is 0. The predicted molar refractivity (Wildman–Crippen MR) is 82.6 cm³/mol. The van der Waals surface area contributed by atoms with Gasteiger partial charge in [-0.3, -0.25) is 4.79 Å². The van der Waals surface area contributed by atoms with Crippen molar-refractivity contribution in [3.63, 3.8) is 0 Å². The first-order chi connectivity index (χ1) is 8.45. The minimum atomic E-state index is -0.414. The number of rotatable bonds is 5. The van der Waals surface area contributed by atoms with Gasteiger partial charge in [0.1, 0.15) is 0 Å². The molecule has 0 bridgehead atoms. The van der Waals surface area contributed by atoms with Crippen LogP contribution in [0, 0.1) is 0 Å². The molecule has 0 aliphatic carbocycles. The second-order valence-electron chi connectivity index (χ2n) is 5.07. The van der Waals surface area contributed by atoms with E-state index in [0.717, 1.165) is 5.56 Å². The minimum Gasteiger partial charge on any atom is -0.348 e. The molecule has 3 nitrogen and oxygen atoms in total. The fraction of sp³-hybridized carbons (Fsp3) is 0.533. The van der Waals surface area contributed by atoms with E-state index in [2.05, 4.69) is 43.4 Å². The standard InChI is InChI=1S/C15H24N2O.ClH/c1-5-14(16)15(18)17-11(4)13-8-6-12(7-9-13)10(2)3;/h6-11,14H,5,16H2,1-4H3,(H,17,18);1H/t11?,14-;/m0./s1. The maximum Gasteiger partial charge on any atom is 0.237 e. The molecule has 19 heavy (non-hydrogen) atoms. The Kier molecular flexibility index (Phi) is 7.72. The molecule has 0 heterocycles. The van der Waals surface area contributed by atoms with Crippen LogP contribution in [0.25, 0.3) is 0 Å². The normalized spacial score (nSPS) is 13.6. The van der Waals surface area contributed by atoms with Crippen LogP contribution in [0.15, 0.2) is 24.3 Å². The third-order valence-corrected chi connectivity index (χ3v) is 3.24. The molecule has 0 fully saturated rings. The van der Waals surface area contributed by atoms with Crippen LogP contribution in [0.1, 0.15) is 57.2 Å². The third-order valence-electron chi connectivity index (χ3n) is 3.24. The fourth-order valence-electron chi connectivity index (χ4n) is 1.76. The molecule has 0 aliphatic rings. The van der Waals surface area contributed by atoms with E-state index in [-0.39, 0.29) is 24.4 Å². The first-order valence-corrected chi connectivity index (χ1v) is 6.61. The van der Waals surface area contributed by atoms with Crippen molar-refractivity contribution in [2.45, 2.75) is 52.1 Å². The summed E-state index contributed by atoms with van der Waals surface area (Å²) < 4.78 is 0. The quantitative estimate of drug-likeness (QED) is 0.873. The lowest BCUT2D eigenvalue weighted by molar-refractivity contribution is -0.123. The SMILES string of the molecule is CC[C@H](N)C(=O)NC(C)c1ccc(C(C)C)cc1.Cl. The van der Waals surface area contributed by atoms with E-state index in [0.29, 0.717) is 12.3 Å². The van der Waals surface area contributed by atoms with E-state index >= 15 is 0 Å². The summed E-state index contributed by atoms with van der Waals surface area (Å²) in [4.78, 5) is 11.7. The molecule has 0 aromatic heterocycles. The van der Waals surface area contributed by atoms with Crippen molar-refractivity contribution in [2.24, 2.45) is 5.73 Å². The monoisotopic (exact) mass is 284 g/mol. The van der Waals surface area contributed by atoms with Gasteiger partial charge < -0.3 is 11.1 Å². The smallest absolute Gasteiger partial charge is 0.237 e. The second-order valence-corrected chi connectivity index (χ2v) is 5.07. The van der Waals surface area contributed by atoms with Crippen LogP contribution in [0.4, 0.5) is 0 Å². The molecule has 1 unspecified atom stereocenters. The summed E-state index contributed by atoms with van der Waals surface area (Å²) in [6, 6.07) is 7.94. The van der Waals surface area contributed by atoms with Gasteiger partial charge in [-0.2, -0.15) is 0 Å². The Morgan fingerprint density at radius 3 is 2.05 bits per heavy atom. The van der Waals surface area contributed by atoms with Gasteiger partial charge in [0, 0.05) is 0 Å². The molecule has 1 amide bonds. The van der Waals surface area contributed by atoms with Gasteiger partial charge in [0.25, 0.3) is 0 Å². The zero-order valence-electron chi connectivity index (χ0n) is 12.1. The molecule has 0 saturated carbocycles. The Bertz CT molecular complexity index is 390. The number of carbonyl (C=O) groups is 1. The highest BCUT2D eigenvalue weighted by molar-refractivity contribution is 5.85. The molecule has 0 saturated heterocycles. The van der Waals surface area contributed by atoms with Crippen molar-refractivity contribution in [1.29, 1.82) is 0 Å². The van der Waals surface area contributed by atoms with Gasteiger partial charge in [-0.1, -0.05) is 45.0 Å². The Morgan fingerprint density at radius 1 is 1.16 bits per heavy atom. The Balaban J connectivity index is 0.00000324. The first-order valence-electron chi connectivity index (χ1n) is 6.61. The van der Waals surface area contributed by atoms with Gasteiger partial charge in [0.2, 0.25) is 5.91 Å². The van der Waals surface area contributed by atoms with Gasteiger partial charge in [0.15, 0.2) is 0 Å². The van der Waals surface area contributed by atoms with Crippen molar-refractivity contribution in [1.82, 2.24) is 5.32 Å². The van der Waals surface area contributed by atoms with Gasteiger partial charge in [-0.05, 0) is 30.4 Å². The number of nitrogens with one attached hydrogen (secondary N) is 1. The highest BCUT2D eigenvalue weighted by Crippen LogP contribution is 2.18. The molecule has 1 aromatic carbocycles. The number of amides is 1. The van der Waals surface area contributed by atoms with E-state index in [1.165, 1.54) is 5.56 Å². The summed E-state index contributed by atoms with van der Waals surface area (Å²) in [6.45, 7) is 8.22. The zero-order chi connectivity index (χ0) is 13.7. The summed E-state index contributed by atoms with van der Waals surface area (Å²) in [7, 11) is 0. The van der Waals surface area contributed by atoms with Crippen molar-refractivity contribution in [3.05, 3.63) is 35.4 Å². The Hall–Kier alpha value is -1.06. The van der Waals surface area contributed by atoms with Crippen LogP contribution in [-0.4, -0.2) is 11.9 Å².